The molecule has 0 aromatic heterocycles. The highest BCUT2D eigenvalue weighted by Gasteiger charge is 2.44. The molecule has 3 heteroatoms. The standard InChI is InChI=1S/C17H27NO2/c1-4-16(2)13-17(9-11-18,10-12-20-16)14-7-5-6-8-15(14)19-3/h5-8H,4,9-13,18H2,1-3H3/t16-,17+/m1/s1. The molecule has 2 N–H and O–H groups in total. The maximum Gasteiger partial charge on any atom is 0.122 e. The Hall–Kier alpha value is -1.06. The number of hydrogen-bond acceptors (Lipinski definition) is 3. The highest BCUT2D eigenvalue weighted by atomic mass is 16.5. The van der Waals surface area contributed by atoms with E-state index in [1.54, 1.807) is 7.11 Å². The normalized spacial score (nSPS) is 30.2. The van der Waals surface area contributed by atoms with Gasteiger partial charge in [0, 0.05) is 17.6 Å². The molecule has 0 unspecified atom stereocenters. The van der Waals surface area contributed by atoms with Crippen molar-refractivity contribution in [2.45, 2.75) is 50.5 Å². The summed E-state index contributed by atoms with van der Waals surface area (Å²) in [6.45, 7) is 5.90. The van der Waals surface area contributed by atoms with E-state index in [-0.39, 0.29) is 11.0 Å². The lowest BCUT2D eigenvalue weighted by atomic mass is 9.66. The lowest BCUT2D eigenvalue weighted by molar-refractivity contribution is -0.0979. The summed E-state index contributed by atoms with van der Waals surface area (Å²) >= 11 is 0. The lowest BCUT2D eigenvalue weighted by Crippen LogP contribution is -2.46. The number of rotatable bonds is 5. The average molecular weight is 277 g/mol. The molecule has 3 nitrogen and oxygen atoms in total. The molecule has 20 heavy (non-hydrogen) atoms. The van der Waals surface area contributed by atoms with E-state index in [0.29, 0.717) is 6.54 Å². The Morgan fingerprint density at radius 2 is 2.10 bits per heavy atom. The van der Waals surface area contributed by atoms with Gasteiger partial charge in [-0.05, 0) is 45.2 Å². The molecule has 0 aliphatic carbocycles. The van der Waals surface area contributed by atoms with Crippen LogP contribution in [0.2, 0.25) is 0 Å². The second-order valence-corrected chi connectivity index (χ2v) is 6.10. The first kappa shape index (κ1) is 15.3. The zero-order valence-electron chi connectivity index (χ0n) is 12.9. The quantitative estimate of drug-likeness (QED) is 0.898. The smallest absolute Gasteiger partial charge is 0.122 e. The molecule has 112 valence electrons. The Labute approximate surface area is 122 Å². The van der Waals surface area contributed by atoms with Gasteiger partial charge in [-0.2, -0.15) is 0 Å². The molecule has 2 atom stereocenters. The molecule has 0 spiro atoms. The highest BCUT2D eigenvalue weighted by molar-refractivity contribution is 5.40. The van der Waals surface area contributed by atoms with Crippen LogP contribution in [0.3, 0.4) is 0 Å². The fraction of sp³-hybridized carbons (Fsp3) is 0.647. The largest absolute Gasteiger partial charge is 0.496 e. The van der Waals surface area contributed by atoms with Crippen molar-refractivity contribution in [2.24, 2.45) is 5.73 Å². The second-order valence-electron chi connectivity index (χ2n) is 6.10. The maximum atomic E-state index is 6.03. The van der Waals surface area contributed by atoms with Crippen LogP contribution in [-0.2, 0) is 10.2 Å². The molecule has 0 saturated carbocycles. The van der Waals surface area contributed by atoms with Crippen molar-refractivity contribution in [3.05, 3.63) is 29.8 Å². The Morgan fingerprint density at radius 1 is 1.35 bits per heavy atom. The first-order chi connectivity index (χ1) is 9.59. The van der Waals surface area contributed by atoms with Crippen molar-refractivity contribution in [1.29, 1.82) is 0 Å². The predicted octanol–water partition coefficient (Wildman–Crippen LogP) is 3.26. The van der Waals surface area contributed by atoms with Gasteiger partial charge in [-0.15, -0.1) is 0 Å². The molecule has 1 heterocycles. The number of hydrogen-bond donors (Lipinski definition) is 1. The van der Waals surface area contributed by atoms with Gasteiger partial charge in [-0.1, -0.05) is 25.1 Å². The highest BCUT2D eigenvalue weighted by Crippen LogP contribution is 2.47. The van der Waals surface area contributed by atoms with Crippen LogP contribution in [0.5, 0.6) is 5.75 Å². The zero-order valence-corrected chi connectivity index (χ0v) is 12.9. The zero-order chi connectivity index (χ0) is 14.6. The van der Waals surface area contributed by atoms with Crippen LogP contribution in [0, 0.1) is 0 Å². The number of para-hydroxylation sites is 1. The molecule has 0 bridgehead atoms. The summed E-state index contributed by atoms with van der Waals surface area (Å²) in [5, 5.41) is 0. The van der Waals surface area contributed by atoms with Crippen molar-refractivity contribution >= 4 is 0 Å². The van der Waals surface area contributed by atoms with E-state index in [1.807, 2.05) is 12.1 Å². The number of methoxy groups -OCH3 is 1. The number of nitrogens with two attached hydrogens (primary N) is 1. The Kier molecular flexibility index (Phi) is 4.71. The SMILES string of the molecule is CC[C@]1(C)C[C@@](CCN)(c2ccccc2OC)CCO1. The molecule has 1 saturated heterocycles. The van der Waals surface area contributed by atoms with Gasteiger partial charge < -0.3 is 15.2 Å². The fourth-order valence-electron chi connectivity index (χ4n) is 3.51. The Bertz CT molecular complexity index is 444. The van der Waals surface area contributed by atoms with Gasteiger partial charge in [0.15, 0.2) is 0 Å². The summed E-state index contributed by atoms with van der Waals surface area (Å²) < 4.78 is 11.6. The van der Waals surface area contributed by atoms with Crippen molar-refractivity contribution in [2.75, 3.05) is 20.3 Å². The van der Waals surface area contributed by atoms with Gasteiger partial charge in [0.25, 0.3) is 0 Å². The van der Waals surface area contributed by atoms with Gasteiger partial charge in [0.2, 0.25) is 0 Å². The minimum atomic E-state index is -0.0612. The van der Waals surface area contributed by atoms with Crippen LogP contribution in [0.4, 0.5) is 0 Å². The van der Waals surface area contributed by atoms with Crippen LogP contribution in [0.25, 0.3) is 0 Å². The fourth-order valence-corrected chi connectivity index (χ4v) is 3.51. The van der Waals surface area contributed by atoms with Crippen molar-refractivity contribution in [1.82, 2.24) is 0 Å². The van der Waals surface area contributed by atoms with E-state index in [2.05, 4.69) is 26.0 Å². The summed E-state index contributed by atoms with van der Waals surface area (Å²) in [6, 6.07) is 8.36. The van der Waals surface area contributed by atoms with Gasteiger partial charge in [0.05, 0.1) is 12.7 Å². The van der Waals surface area contributed by atoms with E-state index in [1.165, 1.54) is 5.56 Å². The van der Waals surface area contributed by atoms with E-state index < -0.39 is 0 Å². The van der Waals surface area contributed by atoms with E-state index in [0.717, 1.165) is 38.0 Å². The molecule has 1 aromatic carbocycles. The summed E-state index contributed by atoms with van der Waals surface area (Å²) in [7, 11) is 1.74. The molecule has 0 amide bonds. The molecular formula is C17H27NO2. The van der Waals surface area contributed by atoms with Crippen LogP contribution < -0.4 is 10.5 Å². The molecular weight excluding hydrogens is 250 g/mol. The third-order valence-corrected chi connectivity index (χ3v) is 4.79. The van der Waals surface area contributed by atoms with E-state index in [4.69, 9.17) is 15.2 Å². The third kappa shape index (κ3) is 2.84. The van der Waals surface area contributed by atoms with Gasteiger partial charge in [-0.25, -0.2) is 0 Å². The summed E-state index contributed by atoms with van der Waals surface area (Å²) in [5.74, 6) is 0.973. The molecule has 0 radical (unpaired) electrons. The third-order valence-electron chi connectivity index (χ3n) is 4.79. The minimum Gasteiger partial charge on any atom is -0.496 e. The molecule has 1 fully saturated rings. The minimum absolute atomic E-state index is 0.0612. The Morgan fingerprint density at radius 3 is 2.75 bits per heavy atom. The number of ether oxygens (including phenoxy) is 2. The topological polar surface area (TPSA) is 44.5 Å². The summed E-state index contributed by atoms with van der Waals surface area (Å²) in [4.78, 5) is 0. The molecule has 1 aliphatic rings. The van der Waals surface area contributed by atoms with Crippen molar-refractivity contribution in [3.8, 4) is 5.75 Å². The van der Waals surface area contributed by atoms with Crippen LogP contribution in [-0.4, -0.2) is 25.9 Å². The van der Waals surface area contributed by atoms with Crippen LogP contribution in [0.1, 0.15) is 45.1 Å². The Balaban J connectivity index is 2.43. The van der Waals surface area contributed by atoms with Crippen LogP contribution in [0.15, 0.2) is 24.3 Å². The first-order valence-electron chi connectivity index (χ1n) is 7.57. The summed E-state index contributed by atoms with van der Waals surface area (Å²) in [5.41, 5.74) is 7.22. The van der Waals surface area contributed by atoms with Crippen molar-refractivity contribution in [3.63, 3.8) is 0 Å². The summed E-state index contributed by atoms with van der Waals surface area (Å²) in [6.07, 6.45) is 4.02. The lowest BCUT2D eigenvalue weighted by Gasteiger charge is -2.47. The maximum absolute atomic E-state index is 6.03. The monoisotopic (exact) mass is 277 g/mol. The molecule has 2 rings (SSSR count). The predicted molar refractivity (Wildman–Crippen MR) is 82.2 cm³/mol. The van der Waals surface area contributed by atoms with Gasteiger partial charge in [-0.3, -0.25) is 0 Å². The van der Waals surface area contributed by atoms with E-state index in [9.17, 15) is 0 Å². The second kappa shape index (κ2) is 6.15. The first-order valence-corrected chi connectivity index (χ1v) is 7.57. The van der Waals surface area contributed by atoms with Gasteiger partial charge >= 0.3 is 0 Å². The van der Waals surface area contributed by atoms with Crippen molar-refractivity contribution < 1.29 is 9.47 Å². The molecule has 1 aromatic rings. The van der Waals surface area contributed by atoms with Gasteiger partial charge in [0.1, 0.15) is 5.75 Å². The average Bonchev–Trinajstić information content (AvgIpc) is 2.47. The van der Waals surface area contributed by atoms with Crippen LogP contribution >= 0.6 is 0 Å². The molecule has 1 aliphatic heterocycles. The van der Waals surface area contributed by atoms with E-state index >= 15 is 0 Å². The number of benzene rings is 1.